The van der Waals surface area contributed by atoms with Crippen molar-refractivity contribution >= 4 is 18.7 Å². The molecule has 1 heterocycles. The summed E-state index contributed by atoms with van der Waals surface area (Å²) in [6, 6.07) is 26.5. The molecule has 4 aliphatic carbocycles. The first-order valence-corrected chi connectivity index (χ1v) is 18.3. The van der Waals surface area contributed by atoms with E-state index >= 15 is 0 Å². The molecule has 46 heavy (non-hydrogen) atoms. The molecule has 3 saturated carbocycles. The van der Waals surface area contributed by atoms with Crippen LogP contribution in [0.5, 0.6) is 11.5 Å². The number of ketones is 1. The molecular weight excluding hydrogens is 591 g/mol. The van der Waals surface area contributed by atoms with E-state index in [-0.39, 0.29) is 16.9 Å². The van der Waals surface area contributed by atoms with Gasteiger partial charge in [0, 0.05) is 24.2 Å². The van der Waals surface area contributed by atoms with Crippen molar-refractivity contribution in [2.75, 3.05) is 6.61 Å². The molecule has 5 nitrogen and oxygen atoms in total. The van der Waals surface area contributed by atoms with Crippen LogP contribution in [-0.2, 0) is 14.1 Å². The molecule has 5 aliphatic rings. The van der Waals surface area contributed by atoms with Gasteiger partial charge in [-0.2, -0.15) is 0 Å². The molecule has 0 aromatic heterocycles. The fourth-order valence-corrected chi connectivity index (χ4v) is 11.2. The first-order valence-electron chi connectivity index (χ1n) is 16.8. The van der Waals surface area contributed by atoms with E-state index in [1.165, 1.54) is 27.9 Å². The number of fused-ring (bicyclic) bond motifs is 5. The largest absolute Gasteiger partial charge is 0.462 e. The summed E-state index contributed by atoms with van der Waals surface area (Å²) in [7, 11) is -3.79. The van der Waals surface area contributed by atoms with Gasteiger partial charge in [0.25, 0.3) is 0 Å². The predicted octanol–water partition coefficient (Wildman–Crippen LogP) is 9.28. The van der Waals surface area contributed by atoms with Gasteiger partial charge in [0.05, 0.1) is 17.5 Å². The van der Waals surface area contributed by atoms with Gasteiger partial charge in [0.15, 0.2) is 0 Å². The van der Waals surface area contributed by atoms with E-state index in [2.05, 4.69) is 31.7 Å². The first kappa shape index (κ1) is 29.7. The second kappa shape index (κ2) is 11.2. The fourth-order valence-electron chi connectivity index (χ4n) is 9.61. The third-order valence-corrected chi connectivity index (χ3v) is 13.5. The summed E-state index contributed by atoms with van der Waals surface area (Å²) >= 11 is 0. The Labute approximate surface area is 271 Å². The van der Waals surface area contributed by atoms with E-state index in [0.717, 1.165) is 45.1 Å². The minimum atomic E-state index is -3.79. The fraction of sp³-hybridized carbons (Fsp3) is 0.375. The SMILES string of the molecule is C=C1CCO[C@]12CC[C@H]1[C@@H]3CC=C4CC(=O)CCC4=C3[C@@H](c3ccc(P(=O)(Oc4ccccc4)Oc4ccccc4)cc3)C[C@@]12C. The van der Waals surface area contributed by atoms with Crippen LogP contribution >= 0.6 is 7.60 Å². The Morgan fingerprint density at radius 3 is 2.20 bits per heavy atom. The smallest absolute Gasteiger partial charge is 0.413 e. The van der Waals surface area contributed by atoms with Crippen LogP contribution in [0, 0.1) is 17.3 Å². The highest BCUT2D eigenvalue weighted by molar-refractivity contribution is 7.63. The lowest BCUT2D eigenvalue weighted by Crippen LogP contribution is -2.51. The summed E-state index contributed by atoms with van der Waals surface area (Å²) in [6.07, 6.45) is 9.43. The Kier molecular flexibility index (Phi) is 7.27. The Balaban J connectivity index is 1.20. The van der Waals surface area contributed by atoms with Gasteiger partial charge in [-0.05, 0) is 109 Å². The Morgan fingerprint density at radius 1 is 0.891 bits per heavy atom. The van der Waals surface area contributed by atoms with Crippen LogP contribution in [0.4, 0.5) is 0 Å². The number of para-hydroxylation sites is 2. The maximum Gasteiger partial charge on any atom is 0.462 e. The summed E-state index contributed by atoms with van der Waals surface area (Å²) < 4.78 is 33.6. The predicted molar refractivity (Wildman–Crippen MR) is 181 cm³/mol. The zero-order valence-electron chi connectivity index (χ0n) is 26.5. The molecule has 4 fully saturated rings. The van der Waals surface area contributed by atoms with Crippen LogP contribution in [0.1, 0.15) is 69.8 Å². The Bertz CT molecular complexity index is 1750. The van der Waals surface area contributed by atoms with E-state index in [0.29, 0.717) is 47.3 Å². The van der Waals surface area contributed by atoms with Gasteiger partial charge in [-0.1, -0.05) is 73.7 Å². The lowest BCUT2D eigenvalue weighted by Gasteiger charge is -2.55. The number of Topliss-reactive ketones (excluding diaryl/α,β-unsaturated/α-hetero) is 1. The molecule has 3 aromatic carbocycles. The van der Waals surface area contributed by atoms with Gasteiger partial charge in [0.2, 0.25) is 0 Å². The molecule has 1 aliphatic heterocycles. The van der Waals surface area contributed by atoms with Crippen molar-refractivity contribution in [1.29, 1.82) is 0 Å². The molecular formula is C40H41O5P. The number of allylic oxidation sites excluding steroid dienone is 4. The molecule has 0 radical (unpaired) electrons. The summed E-state index contributed by atoms with van der Waals surface area (Å²) in [5, 5.41) is 0.510. The summed E-state index contributed by atoms with van der Waals surface area (Å²) in [6.45, 7) is 7.78. The third kappa shape index (κ3) is 4.69. The standard InChI is InChI=1S/C40H41O5P/c1-27-22-24-43-40(27)23-21-37-35-19-15-29-25-30(41)16-20-34(29)38(35)36(26-39(37,40)2)28-13-17-33(18-14-28)46(42,44-31-9-5-3-6-10-31)45-32-11-7-4-8-12-32/h3-15,17-18,35-37H,1,16,19-26H2,2H3/t35-,36+,37-,39-,40+/m0/s1. The maximum atomic E-state index is 14.6. The number of rotatable bonds is 6. The molecule has 0 bridgehead atoms. The van der Waals surface area contributed by atoms with E-state index in [1.807, 2.05) is 48.5 Å². The van der Waals surface area contributed by atoms with E-state index in [9.17, 15) is 9.36 Å². The highest BCUT2D eigenvalue weighted by Gasteiger charge is 2.65. The minimum Gasteiger partial charge on any atom is -0.413 e. The highest BCUT2D eigenvalue weighted by Crippen LogP contribution is 2.69. The third-order valence-electron chi connectivity index (χ3n) is 11.7. The number of hydrogen-bond acceptors (Lipinski definition) is 5. The van der Waals surface area contributed by atoms with Crippen LogP contribution < -0.4 is 14.4 Å². The quantitative estimate of drug-likeness (QED) is 0.200. The summed E-state index contributed by atoms with van der Waals surface area (Å²) in [5.41, 5.74) is 6.34. The molecule has 6 heteroatoms. The molecule has 0 amide bonds. The van der Waals surface area contributed by atoms with E-state index in [4.69, 9.17) is 13.8 Å². The van der Waals surface area contributed by atoms with Gasteiger partial charge >= 0.3 is 7.60 Å². The molecule has 1 saturated heterocycles. The monoisotopic (exact) mass is 632 g/mol. The lowest BCUT2D eigenvalue weighted by atomic mass is 9.51. The van der Waals surface area contributed by atoms with Crippen molar-refractivity contribution in [3.05, 3.63) is 125 Å². The van der Waals surface area contributed by atoms with Gasteiger partial charge < -0.3 is 13.8 Å². The average molecular weight is 633 g/mol. The van der Waals surface area contributed by atoms with Crippen molar-refractivity contribution in [2.45, 2.75) is 69.8 Å². The van der Waals surface area contributed by atoms with Crippen molar-refractivity contribution in [2.24, 2.45) is 17.3 Å². The first-order chi connectivity index (χ1) is 22.3. The Hall–Kier alpha value is -3.66. The van der Waals surface area contributed by atoms with Crippen molar-refractivity contribution in [1.82, 2.24) is 0 Å². The second-order valence-electron chi connectivity index (χ2n) is 14.0. The van der Waals surface area contributed by atoms with Crippen LogP contribution in [0.3, 0.4) is 0 Å². The molecule has 8 rings (SSSR count). The van der Waals surface area contributed by atoms with Crippen LogP contribution in [-0.4, -0.2) is 18.0 Å². The number of benzene rings is 3. The normalized spacial score (nSPS) is 30.5. The molecule has 3 aromatic rings. The van der Waals surface area contributed by atoms with Gasteiger partial charge in [-0.25, -0.2) is 4.57 Å². The summed E-state index contributed by atoms with van der Waals surface area (Å²) in [4.78, 5) is 12.5. The zero-order chi connectivity index (χ0) is 31.5. The number of carbonyl (C=O) groups is 1. The maximum absolute atomic E-state index is 14.6. The summed E-state index contributed by atoms with van der Waals surface area (Å²) in [5.74, 6) is 2.42. The van der Waals surface area contributed by atoms with Crippen molar-refractivity contribution in [3.63, 3.8) is 0 Å². The zero-order valence-corrected chi connectivity index (χ0v) is 27.3. The van der Waals surface area contributed by atoms with Gasteiger partial charge in [-0.15, -0.1) is 0 Å². The second-order valence-corrected chi connectivity index (χ2v) is 15.8. The molecule has 236 valence electrons. The number of hydrogen-bond donors (Lipinski definition) is 0. The van der Waals surface area contributed by atoms with Gasteiger partial charge in [0.1, 0.15) is 17.3 Å². The molecule has 5 atom stereocenters. The molecule has 1 spiro atoms. The number of carbonyl (C=O) groups excluding carboxylic acids is 1. The lowest BCUT2D eigenvalue weighted by molar-refractivity contribution is -0.118. The van der Waals surface area contributed by atoms with Gasteiger partial charge in [-0.3, -0.25) is 4.79 Å². The van der Waals surface area contributed by atoms with Crippen molar-refractivity contribution < 1.29 is 23.1 Å². The topological polar surface area (TPSA) is 61.8 Å². The molecule has 0 unspecified atom stereocenters. The molecule has 0 N–H and O–H groups in total. The van der Waals surface area contributed by atoms with Crippen LogP contribution in [0.2, 0.25) is 0 Å². The number of ether oxygens (including phenoxy) is 1. The average Bonchev–Trinajstić information content (AvgIpc) is 3.60. The van der Waals surface area contributed by atoms with Crippen molar-refractivity contribution in [3.8, 4) is 11.5 Å². The Morgan fingerprint density at radius 2 is 1.57 bits per heavy atom. The van der Waals surface area contributed by atoms with Crippen LogP contribution in [0.15, 0.2) is 120 Å². The van der Waals surface area contributed by atoms with E-state index < -0.39 is 7.60 Å². The minimum absolute atomic E-state index is 0.0450. The van der Waals surface area contributed by atoms with E-state index in [1.54, 1.807) is 24.3 Å². The highest BCUT2D eigenvalue weighted by atomic mass is 31.2. The van der Waals surface area contributed by atoms with Crippen LogP contribution in [0.25, 0.3) is 0 Å².